The van der Waals surface area contributed by atoms with E-state index in [0.717, 1.165) is 19.4 Å². The summed E-state index contributed by atoms with van der Waals surface area (Å²) in [6.45, 7) is 3.58. The smallest absolute Gasteiger partial charge is 0.236 e. The van der Waals surface area contributed by atoms with Gasteiger partial charge < -0.3 is 10.2 Å². The van der Waals surface area contributed by atoms with Gasteiger partial charge in [-0.25, -0.2) is 0 Å². The number of hydrogen-bond donors (Lipinski definition) is 1. The van der Waals surface area contributed by atoms with Crippen LogP contribution in [0.2, 0.25) is 0 Å². The van der Waals surface area contributed by atoms with Crippen molar-refractivity contribution in [2.75, 3.05) is 19.6 Å². The van der Waals surface area contributed by atoms with E-state index in [1.54, 1.807) is 6.92 Å². The standard InChI is InChI=1S/C22H31N3O2/c1-16(26)23-19-8-5-11-24(14-19)22(27)15-25-20-9-10-21(25)13-18(12-20)17-6-3-2-4-7-17/h2-4,6-7,18-21H,5,8-15H2,1H3,(H,23,26)/t18?,19?,20-,21+. The molecule has 146 valence electrons. The first-order valence-electron chi connectivity index (χ1n) is 10.5. The predicted molar refractivity (Wildman–Crippen MR) is 105 cm³/mol. The number of carbonyl (C=O) groups is 2. The van der Waals surface area contributed by atoms with Crippen molar-refractivity contribution in [1.82, 2.24) is 15.1 Å². The summed E-state index contributed by atoms with van der Waals surface area (Å²) in [5.74, 6) is 0.865. The number of piperidine rings is 2. The fourth-order valence-electron chi connectivity index (χ4n) is 5.39. The molecule has 3 saturated heterocycles. The molecule has 3 aliphatic heterocycles. The number of benzene rings is 1. The Balaban J connectivity index is 1.35. The molecule has 27 heavy (non-hydrogen) atoms. The summed E-state index contributed by atoms with van der Waals surface area (Å²) in [6.07, 6.45) is 6.72. The van der Waals surface area contributed by atoms with Crippen LogP contribution in [0, 0.1) is 0 Å². The molecule has 3 aliphatic rings. The minimum absolute atomic E-state index is 0.00433. The molecule has 2 unspecified atom stereocenters. The van der Waals surface area contributed by atoms with Crippen molar-refractivity contribution in [3.05, 3.63) is 35.9 Å². The molecule has 1 aromatic carbocycles. The Morgan fingerprint density at radius 3 is 2.44 bits per heavy atom. The third-order valence-corrected chi connectivity index (χ3v) is 6.65. The van der Waals surface area contributed by atoms with Gasteiger partial charge in [-0.05, 0) is 50.0 Å². The summed E-state index contributed by atoms with van der Waals surface area (Å²) in [4.78, 5) is 28.7. The highest BCUT2D eigenvalue weighted by Gasteiger charge is 2.42. The molecule has 0 spiro atoms. The minimum atomic E-state index is -0.00433. The lowest BCUT2D eigenvalue weighted by atomic mass is 9.85. The Morgan fingerprint density at radius 2 is 1.78 bits per heavy atom. The highest BCUT2D eigenvalue weighted by Crippen LogP contribution is 2.42. The van der Waals surface area contributed by atoms with Gasteiger partial charge in [0.1, 0.15) is 0 Å². The molecule has 3 heterocycles. The summed E-state index contributed by atoms with van der Waals surface area (Å²) in [5.41, 5.74) is 1.45. The Labute approximate surface area is 162 Å². The van der Waals surface area contributed by atoms with Crippen molar-refractivity contribution in [3.63, 3.8) is 0 Å². The Morgan fingerprint density at radius 1 is 1.07 bits per heavy atom. The number of hydrogen-bond acceptors (Lipinski definition) is 3. The SMILES string of the molecule is CC(=O)NC1CCCN(C(=O)CN2[C@@H]3CC[C@H]2CC(c2ccccc2)C3)C1. The lowest BCUT2D eigenvalue weighted by Gasteiger charge is -2.40. The van der Waals surface area contributed by atoms with Gasteiger partial charge in [0.25, 0.3) is 0 Å². The number of amides is 2. The number of nitrogens with one attached hydrogen (secondary N) is 1. The Bertz CT molecular complexity index is 663. The molecule has 3 fully saturated rings. The van der Waals surface area contributed by atoms with Crippen LogP contribution in [0.15, 0.2) is 30.3 Å². The van der Waals surface area contributed by atoms with Crippen LogP contribution in [0.25, 0.3) is 0 Å². The largest absolute Gasteiger partial charge is 0.352 e. The van der Waals surface area contributed by atoms with Crippen molar-refractivity contribution in [2.45, 2.75) is 69.5 Å². The zero-order valence-corrected chi connectivity index (χ0v) is 16.3. The number of likely N-dealkylation sites (tertiary alicyclic amines) is 1. The predicted octanol–water partition coefficient (Wildman–Crippen LogP) is 2.52. The first kappa shape index (κ1) is 18.5. The molecule has 1 aromatic rings. The lowest BCUT2D eigenvalue weighted by Crippen LogP contribution is -2.53. The van der Waals surface area contributed by atoms with Gasteiger partial charge in [0.05, 0.1) is 6.54 Å². The second-order valence-electron chi connectivity index (χ2n) is 8.52. The second-order valence-corrected chi connectivity index (χ2v) is 8.52. The topological polar surface area (TPSA) is 52.7 Å². The van der Waals surface area contributed by atoms with Gasteiger partial charge >= 0.3 is 0 Å². The van der Waals surface area contributed by atoms with E-state index in [2.05, 4.69) is 40.5 Å². The van der Waals surface area contributed by atoms with Crippen molar-refractivity contribution in [3.8, 4) is 0 Å². The molecule has 5 heteroatoms. The molecular weight excluding hydrogens is 338 g/mol. The van der Waals surface area contributed by atoms with Crippen LogP contribution in [-0.2, 0) is 9.59 Å². The number of carbonyl (C=O) groups excluding carboxylic acids is 2. The highest BCUT2D eigenvalue weighted by molar-refractivity contribution is 5.79. The van der Waals surface area contributed by atoms with Crippen molar-refractivity contribution < 1.29 is 9.59 Å². The van der Waals surface area contributed by atoms with Gasteiger partial charge in [-0.1, -0.05) is 30.3 Å². The van der Waals surface area contributed by atoms with E-state index in [-0.39, 0.29) is 17.9 Å². The van der Waals surface area contributed by atoms with Crippen LogP contribution in [-0.4, -0.2) is 59.4 Å². The number of fused-ring (bicyclic) bond motifs is 2. The van der Waals surface area contributed by atoms with Crippen LogP contribution < -0.4 is 5.32 Å². The average molecular weight is 370 g/mol. The number of rotatable bonds is 4. The maximum Gasteiger partial charge on any atom is 0.236 e. The molecule has 1 N–H and O–H groups in total. The summed E-state index contributed by atoms with van der Waals surface area (Å²) in [6, 6.07) is 12.0. The van der Waals surface area contributed by atoms with E-state index >= 15 is 0 Å². The molecule has 2 amide bonds. The first-order chi connectivity index (χ1) is 13.1. The van der Waals surface area contributed by atoms with Crippen LogP contribution in [0.3, 0.4) is 0 Å². The lowest BCUT2D eigenvalue weighted by molar-refractivity contribution is -0.135. The van der Waals surface area contributed by atoms with Crippen LogP contribution >= 0.6 is 0 Å². The fraction of sp³-hybridized carbons (Fsp3) is 0.636. The van der Waals surface area contributed by atoms with E-state index in [9.17, 15) is 9.59 Å². The average Bonchev–Trinajstić information content (AvgIpc) is 2.89. The molecule has 5 nitrogen and oxygen atoms in total. The van der Waals surface area contributed by atoms with E-state index in [4.69, 9.17) is 0 Å². The molecule has 0 radical (unpaired) electrons. The normalized spacial score (nSPS) is 30.9. The maximum absolute atomic E-state index is 12.9. The Kier molecular flexibility index (Phi) is 5.48. The molecule has 4 rings (SSSR count). The van der Waals surface area contributed by atoms with Gasteiger partial charge in [0.15, 0.2) is 0 Å². The summed E-state index contributed by atoms with van der Waals surface area (Å²) < 4.78 is 0. The monoisotopic (exact) mass is 369 g/mol. The Hall–Kier alpha value is -1.88. The zero-order chi connectivity index (χ0) is 18.8. The first-order valence-corrected chi connectivity index (χ1v) is 10.5. The summed E-state index contributed by atoms with van der Waals surface area (Å²) in [5, 5.41) is 2.98. The zero-order valence-electron chi connectivity index (χ0n) is 16.3. The van der Waals surface area contributed by atoms with Gasteiger partial charge in [-0.15, -0.1) is 0 Å². The molecule has 2 bridgehead atoms. The van der Waals surface area contributed by atoms with Crippen molar-refractivity contribution >= 4 is 11.8 Å². The fourth-order valence-corrected chi connectivity index (χ4v) is 5.39. The summed E-state index contributed by atoms with van der Waals surface area (Å²) in [7, 11) is 0. The van der Waals surface area contributed by atoms with Gasteiger partial charge in [-0.3, -0.25) is 14.5 Å². The van der Waals surface area contributed by atoms with Crippen LogP contribution in [0.4, 0.5) is 0 Å². The van der Waals surface area contributed by atoms with E-state index in [0.29, 0.717) is 31.1 Å². The van der Waals surface area contributed by atoms with Gasteiger partial charge in [0, 0.05) is 38.1 Å². The van der Waals surface area contributed by atoms with Gasteiger partial charge in [-0.2, -0.15) is 0 Å². The van der Waals surface area contributed by atoms with Crippen LogP contribution in [0.1, 0.15) is 56.9 Å². The molecular formula is C22H31N3O2. The summed E-state index contributed by atoms with van der Waals surface area (Å²) >= 11 is 0. The molecule has 0 aliphatic carbocycles. The minimum Gasteiger partial charge on any atom is -0.352 e. The van der Waals surface area contributed by atoms with E-state index in [1.165, 1.54) is 31.2 Å². The van der Waals surface area contributed by atoms with E-state index in [1.807, 2.05) is 4.90 Å². The third kappa shape index (κ3) is 4.18. The van der Waals surface area contributed by atoms with Gasteiger partial charge in [0.2, 0.25) is 11.8 Å². The number of nitrogens with zero attached hydrogens (tertiary/aromatic N) is 2. The van der Waals surface area contributed by atoms with Crippen molar-refractivity contribution in [2.24, 2.45) is 0 Å². The quantitative estimate of drug-likeness (QED) is 0.887. The maximum atomic E-state index is 12.9. The molecule has 0 saturated carbocycles. The second kappa shape index (κ2) is 8.01. The third-order valence-electron chi connectivity index (χ3n) is 6.65. The molecule has 4 atom stereocenters. The van der Waals surface area contributed by atoms with Crippen LogP contribution in [0.5, 0.6) is 0 Å². The highest BCUT2D eigenvalue weighted by atomic mass is 16.2. The van der Waals surface area contributed by atoms with Crippen molar-refractivity contribution in [1.29, 1.82) is 0 Å². The molecule has 0 aromatic heterocycles. The van der Waals surface area contributed by atoms with E-state index < -0.39 is 0 Å².